The highest BCUT2D eigenvalue weighted by Gasteiger charge is 2.09. The third kappa shape index (κ3) is 9.07. The first kappa shape index (κ1) is 14.5. The van der Waals surface area contributed by atoms with Gasteiger partial charge in [0.2, 0.25) is 0 Å². The minimum atomic E-state index is -1.56. The van der Waals surface area contributed by atoms with Crippen LogP contribution in [0.2, 0.25) is 0 Å². The fourth-order valence-corrected chi connectivity index (χ4v) is 3.86. The smallest absolute Gasteiger partial charge is 0.0727 e. The van der Waals surface area contributed by atoms with Crippen LogP contribution in [0.5, 0.6) is 0 Å². The van der Waals surface area contributed by atoms with Crippen molar-refractivity contribution in [3.05, 3.63) is 0 Å². The predicted molar refractivity (Wildman–Crippen MR) is 73.8 cm³/mol. The first-order valence-electron chi connectivity index (χ1n) is 5.13. The van der Waals surface area contributed by atoms with Crippen LogP contribution < -0.4 is 11.2 Å². The molecule has 0 aliphatic rings. The normalized spacial score (nSPS) is 15.0. The van der Waals surface area contributed by atoms with Crippen molar-refractivity contribution in [2.24, 2.45) is 11.2 Å². The van der Waals surface area contributed by atoms with E-state index in [1.54, 1.807) is 0 Å². The predicted octanol–water partition coefficient (Wildman–Crippen LogP) is 2.60. The van der Waals surface area contributed by atoms with Gasteiger partial charge in [-0.05, 0) is 31.6 Å². The lowest BCUT2D eigenvalue weighted by molar-refractivity contribution is 0.774. The van der Waals surface area contributed by atoms with Gasteiger partial charge < -0.3 is 11.2 Å². The zero-order valence-corrected chi connectivity index (χ0v) is 11.4. The van der Waals surface area contributed by atoms with Gasteiger partial charge in [-0.15, -0.1) is 0 Å². The van der Waals surface area contributed by atoms with Gasteiger partial charge in [-0.3, -0.25) is 0 Å². The van der Waals surface area contributed by atoms with Crippen LogP contribution in [-0.4, -0.2) is 17.3 Å². The summed E-state index contributed by atoms with van der Waals surface area (Å²) in [5.74, 6) is 0. The average molecular weight is 252 g/mol. The Kier molecular flexibility index (Phi) is 8.02. The zero-order valence-electron chi connectivity index (χ0n) is 8.87. The minimum absolute atomic E-state index is 0.577. The molecule has 4 N–H and O–H groups in total. The molecule has 14 heavy (non-hydrogen) atoms. The zero-order chi connectivity index (χ0) is 11.0. The Hall–Kier alpha value is 0.500. The maximum absolute atomic E-state index is 6.09. The highest BCUT2D eigenvalue weighted by atomic mass is 32.4. The van der Waals surface area contributed by atoms with E-state index in [-0.39, 0.29) is 0 Å². The van der Waals surface area contributed by atoms with Gasteiger partial charge in [0.15, 0.2) is 0 Å². The summed E-state index contributed by atoms with van der Waals surface area (Å²) in [7, 11) is 0. The molecule has 0 aliphatic carbocycles. The van der Waals surface area contributed by atoms with Crippen molar-refractivity contribution in [1.82, 2.24) is 0 Å². The van der Waals surface area contributed by atoms with Gasteiger partial charge in [0, 0.05) is 6.19 Å². The van der Waals surface area contributed by atoms with Crippen molar-refractivity contribution in [2.45, 2.75) is 39.0 Å². The van der Waals surface area contributed by atoms with Crippen LogP contribution >= 0.6 is 18.4 Å². The van der Waals surface area contributed by atoms with Crippen LogP contribution in [0.25, 0.3) is 0 Å². The number of hydrogen-bond acceptors (Lipinski definition) is 2. The van der Waals surface area contributed by atoms with Crippen LogP contribution in [0.1, 0.15) is 39.0 Å². The topological polar surface area (TPSA) is 52.0 Å². The summed E-state index contributed by atoms with van der Waals surface area (Å²) >= 11 is 10.2. The Balaban J connectivity index is 3.61. The van der Waals surface area contributed by atoms with E-state index in [2.05, 4.69) is 6.92 Å². The van der Waals surface area contributed by atoms with Crippen molar-refractivity contribution >= 4 is 35.2 Å². The van der Waals surface area contributed by atoms with Crippen molar-refractivity contribution in [3.63, 3.8) is 0 Å². The Morgan fingerprint density at radius 2 is 1.79 bits per heavy atom. The average Bonchev–Trinajstić information content (AvgIpc) is 2.03. The van der Waals surface area contributed by atoms with Crippen molar-refractivity contribution in [1.29, 1.82) is 0 Å². The molecule has 0 saturated heterocycles. The van der Waals surface area contributed by atoms with E-state index in [9.17, 15) is 0 Å². The van der Waals surface area contributed by atoms with Gasteiger partial charge in [-0.2, -0.15) is 0 Å². The Bertz CT molecular complexity index is 219. The lowest BCUT2D eigenvalue weighted by Gasteiger charge is -2.15. The van der Waals surface area contributed by atoms with Gasteiger partial charge >= 0.3 is 0 Å². The van der Waals surface area contributed by atoms with E-state index in [1.165, 1.54) is 19.3 Å². The van der Waals surface area contributed by atoms with E-state index >= 15 is 0 Å². The molecule has 0 aromatic heterocycles. The molecule has 1 unspecified atom stereocenters. The number of thiocarbonyl (C=S) groups is 1. The summed E-state index contributed by atoms with van der Waals surface area (Å²) in [5.41, 5.74) is 11.5. The molecule has 84 valence electrons. The highest BCUT2D eigenvalue weighted by Crippen LogP contribution is 2.38. The first-order valence-corrected chi connectivity index (χ1v) is 8.78. The maximum atomic E-state index is 6.09. The lowest BCUT2D eigenvalue weighted by atomic mass is 10.3. The van der Waals surface area contributed by atoms with E-state index in [0.29, 0.717) is 4.99 Å². The third-order valence-corrected chi connectivity index (χ3v) is 5.55. The number of unbranched alkanes of at least 4 members (excludes halogenated alkanes) is 2. The summed E-state index contributed by atoms with van der Waals surface area (Å²) < 4.78 is 0. The second-order valence-corrected chi connectivity index (χ2v) is 9.18. The molecule has 0 saturated carbocycles. The lowest BCUT2D eigenvalue weighted by Crippen LogP contribution is -2.10. The van der Waals surface area contributed by atoms with Crippen molar-refractivity contribution in [2.75, 3.05) is 12.3 Å². The number of nitrogens with two attached hydrogens (primary N) is 2. The van der Waals surface area contributed by atoms with E-state index in [0.717, 1.165) is 25.2 Å². The summed E-state index contributed by atoms with van der Waals surface area (Å²) in [6, 6.07) is 0. The van der Waals surface area contributed by atoms with Crippen LogP contribution in [0.4, 0.5) is 0 Å². The van der Waals surface area contributed by atoms with Crippen LogP contribution in [0, 0.1) is 0 Å². The molecule has 0 aliphatic heterocycles. The molecule has 1 atom stereocenters. The van der Waals surface area contributed by atoms with Gasteiger partial charge in [0.05, 0.1) is 4.99 Å². The van der Waals surface area contributed by atoms with Crippen LogP contribution in [0.15, 0.2) is 0 Å². The minimum Gasteiger partial charge on any atom is -0.393 e. The van der Waals surface area contributed by atoms with Gasteiger partial charge in [0.1, 0.15) is 0 Å². The molecular weight excluding hydrogens is 231 g/mol. The van der Waals surface area contributed by atoms with Crippen LogP contribution in [-0.2, 0) is 11.8 Å². The summed E-state index contributed by atoms with van der Waals surface area (Å²) in [6.07, 6.45) is 5.82. The molecule has 0 rings (SSSR count). The second-order valence-electron chi connectivity index (χ2n) is 3.68. The fourth-order valence-electron chi connectivity index (χ4n) is 1.26. The van der Waals surface area contributed by atoms with E-state index in [1.807, 2.05) is 0 Å². The molecule has 5 heteroatoms. The van der Waals surface area contributed by atoms with Gasteiger partial charge in [-0.25, -0.2) is 0 Å². The standard InChI is InChI=1S/C9H21N2PS2/c1-2-3-4-7-12(11,14)8-5-6-9(10)13/h2-8H2,1H3,(H2,10,13)(H2,11,14). The molecule has 0 bridgehead atoms. The van der Waals surface area contributed by atoms with E-state index in [4.69, 9.17) is 35.3 Å². The van der Waals surface area contributed by atoms with Crippen molar-refractivity contribution < 1.29 is 0 Å². The molecule has 0 aromatic carbocycles. The number of rotatable bonds is 8. The van der Waals surface area contributed by atoms with Crippen LogP contribution in [0.3, 0.4) is 0 Å². The molecule has 2 nitrogen and oxygen atoms in total. The summed E-state index contributed by atoms with van der Waals surface area (Å²) in [5, 5.41) is 0. The number of hydrogen-bond donors (Lipinski definition) is 2. The summed E-state index contributed by atoms with van der Waals surface area (Å²) in [6.45, 7) is 2.19. The largest absolute Gasteiger partial charge is 0.393 e. The first-order chi connectivity index (χ1) is 6.48. The summed E-state index contributed by atoms with van der Waals surface area (Å²) in [4.78, 5) is 0.577. The van der Waals surface area contributed by atoms with Gasteiger partial charge in [-0.1, -0.05) is 43.8 Å². The molecule has 0 radical (unpaired) electrons. The highest BCUT2D eigenvalue weighted by molar-refractivity contribution is 8.13. The molecule has 0 aromatic rings. The van der Waals surface area contributed by atoms with E-state index < -0.39 is 6.19 Å². The maximum Gasteiger partial charge on any atom is 0.0727 e. The Morgan fingerprint density at radius 3 is 2.29 bits per heavy atom. The quantitative estimate of drug-likeness (QED) is 0.396. The third-order valence-electron chi connectivity index (χ3n) is 2.10. The Morgan fingerprint density at radius 1 is 1.21 bits per heavy atom. The molecular formula is C9H21N2PS2. The fraction of sp³-hybridized carbons (Fsp3) is 0.889. The van der Waals surface area contributed by atoms with Gasteiger partial charge in [0.25, 0.3) is 0 Å². The molecule has 0 heterocycles. The van der Waals surface area contributed by atoms with Crippen molar-refractivity contribution in [3.8, 4) is 0 Å². The SMILES string of the molecule is CCCCCP(N)(=S)CCCC(N)=S. The molecule has 0 fully saturated rings. The Labute approximate surface area is 97.9 Å². The molecule has 0 amide bonds. The monoisotopic (exact) mass is 252 g/mol. The molecule has 0 spiro atoms. The second kappa shape index (κ2) is 7.75.